The molecule has 2 aromatic rings. The van der Waals surface area contributed by atoms with Crippen molar-refractivity contribution >= 4 is 63.5 Å². The van der Waals surface area contributed by atoms with E-state index in [1.54, 1.807) is 12.1 Å². The van der Waals surface area contributed by atoms with Crippen molar-refractivity contribution in [3.63, 3.8) is 0 Å². The molecule has 8 heteroatoms. The Hall–Kier alpha value is -2.46. The second kappa shape index (κ2) is 9.99. The molecule has 0 aliphatic carbocycles. The van der Waals surface area contributed by atoms with Crippen molar-refractivity contribution in [1.29, 1.82) is 0 Å². The maximum Gasteiger partial charge on any atom is 0.270 e. The van der Waals surface area contributed by atoms with E-state index in [1.165, 1.54) is 4.90 Å². The molecule has 1 heterocycles. The first-order valence-electron chi connectivity index (χ1n) is 10.2. The molecule has 0 saturated carbocycles. The van der Waals surface area contributed by atoms with Gasteiger partial charge in [-0.2, -0.15) is 0 Å². The lowest BCUT2D eigenvalue weighted by atomic mass is 10.0. The average molecular weight is 564 g/mol. The van der Waals surface area contributed by atoms with Gasteiger partial charge in [0.25, 0.3) is 11.8 Å². The Bertz CT molecular complexity index is 1130. The number of thiocarbonyl (C=S) groups is 1. The lowest BCUT2D eigenvalue weighted by Crippen LogP contribution is -2.54. The van der Waals surface area contributed by atoms with Crippen LogP contribution in [0.3, 0.4) is 0 Å². The van der Waals surface area contributed by atoms with Crippen LogP contribution in [0.15, 0.2) is 35.9 Å². The van der Waals surface area contributed by atoms with Crippen LogP contribution in [0, 0.1) is 17.4 Å². The maximum absolute atomic E-state index is 13.3. The van der Waals surface area contributed by atoms with Gasteiger partial charge < -0.3 is 9.47 Å². The van der Waals surface area contributed by atoms with Gasteiger partial charge in [-0.25, -0.2) is 0 Å². The summed E-state index contributed by atoms with van der Waals surface area (Å²) in [5, 5.41) is 2.70. The van der Waals surface area contributed by atoms with E-state index in [-0.39, 0.29) is 16.8 Å². The third kappa shape index (κ3) is 5.12. The standard InChI is InChI=1S/C24H25IN2O4S/c1-6-30-20-12-16(11-18(25)21(20)31-13(2)3)10-17-22(28)26-24(32)27(23(17)29)19-8-7-14(4)9-15(19)5/h7-13H,6H2,1-5H3,(H,26,28,32)/b17-10+. The molecule has 1 N–H and O–H groups in total. The highest BCUT2D eigenvalue weighted by Gasteiger charge is 2.35. The van der Waals surface area contributed by atoms with Crippen molar-refractivity contribution in [2.45, 2.75) is 40.7 Å². The van der Waals surface area contributed by atoms with E-state index in [0.717, 1.165) is 14.7 Å². The van der Waals surface area contributed by atoms with E-state index in [9.17, 15) is 9.59 Å². The molecular weight excluding hydrogens is 539 g/mol. The minimum Gasteiger partial charge on any atom is -0.490 e. The summed E-state index contributed by atoms with van der Waals surface area (Å²) >= 11 is 7.48. The Morgan fingerprint density at radius 2 is 1.91 bits per heavy atom. The molecule has 0 aromatic heterocycles. The largest absolute Gasteiger partial charge is 0.490 e. The number of nitrogens with zero attached hydrogens (tertiary/aromatic N) is 1. The molecule has 1 aliphatic heterocycles. The van der Waals surface area contributed by atoms with Gasteiger partial charge >= 0.3 is 0 Å². The van der Waals surface area contributed by atoms with Crippen LogP contribution < -0.4 is 19.7 Å². The number of nitrogens with one attached hydrogen (secondary N) is 1. The molecule has 168 valence electrons. The van der Waals surface area contributed by atoms with E-state index in [1.807, 2.05) is 58.9 Å². The van der Waals surface area contributed by atoms with Crippen molar-refractivity contribution in [2.75, 3.05) is 11.5 Å². The number of aryl methyl sites for hydroxylation is 2. The zero-order valence-electron chi connectivity index (χ0n) is 18.6. The Kier molecular flexibility index (Phi) is 7.55. The highest BCUT2D eigenvalue weighted by molar-refractivity contribution is 14.1. The van der Waals surface area contributed by atoms with Gasteiger partial charge in [0.1, 0.15) is 5.57 Å². The van der Waals surface area contributed by atoms with Gasteiger partial charge in [0.2, 0.25) is 0 Å². The van der Waals surface area contributed by atoms with Gasteiger partial charge in [-0.3, -0.25) is 19.8 Å². The van der Waals surface area contributed by atoms with Gasteiger partial charge in [-0.15, -0.1) is 0 Å². The molecule has 0 atom stereocenters. The van der Waals surface area contributed by atoms with E-state index in [0.29, 0.717) is 29.4 Å². The normalized spacial score (nSPS) is 15.4. The number of anilines is 1. The molecule has 1 saturated heterocycles. The summed E-state index contributed by atoms with van der Waals surface area (Å²) in [4.78, 5) is 27.4. The third-order valence-corrected chi connectivity index (χ3v) is 5.78. The van der Waals surface area contributed by atoms with Gasteiger partial charge in [0, 0.05) is 0 Å². The van der Waals surface area contributed by atoms with Crippen molar-refractivity contribution in [3.05, 3.63) is 56.2 Å². The predicted octanol–water partition coefficient (Wildman–Crippen LogP) is 4.93. The van der Waals surface area contributed by atoms with Crippen molar-refractivity contribution in [3.8, 4) is 11.5 Å². The van der Waals surface area contributed by atoms with Crippen molar-refractivity contribution in [1.82, 2.24) is 5.32 Å². The Balaban J connectivity index is 2.05. The highest BCUT2D eigenvalue weighted by atomic mass is 127. The number of rotatable bonds is 6. The highest BCUT2D eigenvalue weighted by Crippen LogP contribution is 2.36. The molecule has 1 aliphatic rings. The fourth-order valence-electron chi connectivity index (χ4n) is 3.38. The fourth-order valence-corrected chi connectivity index (χ4v) is 4.41. The van der Waals surface area contributed by atoms with Crippen LogP contribution in [0.25, 0.3) is 6.08 Å². The number of benzene rings is 2. The minimum atomic E-state index is -0.531. The molecule has 0 radical (unpaired) electrons. The number of halogens is 1. The Morgan fingerprint density at radius 1 is 1.19 bits per heavy atom. The van der Waals surface area contributed by atoms with Gasteiger partial charge in [0.15, 0.2) is 16.6 Å². The first-order chi connectivity index (χ1) is 15.1. The first-order valence-corrected chi connectivity index (χ1v) is 11.7. The minimum absolute atomic E-state index is 0.00523. The monoisotopic (exact) mass is 564 g/mol. The molecule has 2 amide bonds. The smallest absolute Gasteiger partial charge is 0.270 e. The molecule has 2 aromatic carbocycles. The maximum atomic E-state index is 13.3. The van der Waals surface area contributed by atoms with Crippen LogP contribution in [-0.4, -0.2) is 29.6 Å². The zero-order chi connectivity index (χ0) is 23.6. The van der Waals surface area contributed by atoms with Crippen LogP contribution in [0.4, 0.5) is 5.69 Å². The summed E-state index contributed by atoms with van der Waals surface area (Å²) in [6.07, 6.45) is 1.53. The summed E-state index contributed by atoms with van der Waals surface area (Å²) in [6.45, 7) is 10.1. The molecule has 0 bridgehead atoms. The van der Waals surface area contributed by atoms with Gasteiger partial charge in [0.05, 0.1) is 22.0 Å². The van der Waals surface area contributed by atoms with Crippen molar-refractivity contribution < 1.29 is 19.1 Å². The molecule has 6 nitrogen and oxygen atoms in total. The van der Waals surface area contributed by atoms with Gasteiger partial charge in [-0.05, 0) is 105 Å². The lowest BCUT2D eigenvalue weighted by Gasteiger charge is -2.30. The molecule has 0 spiro atoms. The Morgan fingerprint density at radius 3 is 2.53 bits per heavy atom. The molecule has 0 unspecified atom stereocenters. The van der Waals surface area contributed by atoms with E-state index in [2.05, 4.69) is 27.9 Å². The summed E-state index contributed by atoms with van der Waals surface area (Å²) in [7, 11) is 0. The van der Waals surface area contributed by atoms with Crippen LogP contribution >= 0.6 is 34.8 Å². The molecule has 32 heavy (non-hydrogen) atoms. The van der Waals surface area contributed by atoms with Crippen LogP contribution in [0.5, 0.6) is 11.5 Å². The number of ether oxygens (including phenoxy) is 2. The fraction of sp³-hybridized carbons (Fsp3) is 0.292. The SMILES string of the molecule is CCOc1cc(/C=C2\C(=O)NC(=S)N(c3ccc(C)cc3C)C2=O)cc(I)c1OC(C)C. The summed E-state index contributed by atoms with van der Waals surface area (Å²) in [5.41, 5.74) is 3.25. The number of amides is 2. The number of hydrogen-bond acceptors (Lipinski definition) is 5. The second-order valence-electron chi connectivity index (χ2n) is 7.68. The zero-order valence-corrected chi connectivity index (χ0v) is 21.6. The molecule has 1 fully saturated rings. The molecular formula is C24H25IN2O4S. The third-order valence-electron chi connectivity index (χ3n) is 4.69. The van der Waals surface area contributed by atoms with Crippen molar-refractivity contribution in [2.24, 2.45) is 0 Å². The second-order valence-corrected chi connectivity index (χ2v) is 9.23. The molecule has 3 rings (SSSR count). The lowest BCUT2D eigenvalue weighted by molar-refractivity contribution is -0.122. The average Bonchev–Trinajstić information content (AvgIpc) is 2.69. The quantitative estimate of drug-likeness (QED) is 0.234. The first kappa shape index (κ1) is 24.2. The summed E-state index contributed by atoms with van der Waals surface area (Å²) in [5.74, 6) is 0.199. The Labute approximate surface area is 207 Å². The predicted molar refractivity (Wildman–Crippen MR) is 138 cm³/mol. The van der Waals surface area contributed by atoms with E-state index in [4.69, 9.17) is 21.7 Å². The summed E-state index contributed by atoms with van der Waals surface area (Å²) < 4.78 is 12.5. The number of carbonyl (C=O) groups excluding carboxylic acids is 2. The number of carbonyl (C=O) groups is 2. The van der Waals surface area contributed by atoms with Crippen LogP contribution in [-0.2, 0) is 9.59 Å². The van der Waals surface area contributed by atoms with Crippen LogP contribution in [0.1, 0.15) is 37.5 Å². The van der Waals surface area contributed by atoms with E-state index >= 15 is 0 Å². The van der Waals surface area contributed by atoms with E-state index < -0.39 is 11.8 Å². The van der Waals surface area contributed by atoms with Crippen LogP contribution in [0.2, 0.25) is 0 Å². The van der Waals surface area contributed by atoms with Gasteiger partial charge in [-0.1, -0.05) is 17.7 Å². The number of hydrogen-bond donors (Lipinski definition) is 1. The topological polar surface area (TPSA) is 67.9 Å². The summed E-state index contributed by atoms with van der Waals surface area (Å²) in [6, 6.07) is 9.32.